The first kappa shape index (κ1) is 19.0. The molecule has 0 radical (unpaired) electrons. The summed E-state index contributed by atoms with van der Waals surface area (Å²) in [6, 6.07) is 6.43. The topological polar surface area (TPSA) is 92.3 Å². The van der Waals surface area contributed by atoms with Crippen molar-refractivity contribution in [1.29, 1.82) is 0 Å². The van der Waals surface area contributed by atoms with Crippen molar-refractivity contribution < 1.29 is 13.2 Å². The average Bonchev–Trinajstić information content (AvgIpc) is 2.92. The second-order valence-electron chi connectivity index (χ2n) is 4.58. The molecule has 0 unspecified atom stereocenters. The minimum absolute atomic E-state index is 0.244. The molecular weight excluding hydrogens is 392 g/mol. The van der Waals surface area contributed by atoms with Crippen LogP contribution in [-0.4, -0.2) is 43.1 Å². The Labute approximate surface area is 153 Å². The molecule has 0 atom stereocenters. The number of nitrogens with one attached hydrogen (secondary N) is 1. The van der Waals surface area contributed by atoms with Gasteiger partial charge in [0.05, 0.1) is 17.0 Å². The number of rotatable bonds is 7. The number of nitrogens with zero attached hydrogens (tertiary/aromatic N) is 3. The van der Waals surface area contributed by atoms with Crippen LogP contribution in [0.4, 0.5) is 10.8 Å². The standard InChI is InChI=1S/C13H15ClN4O3S3/c1-3-22-13-17-16-12(23-13)15-11(19)8-18(24(2,20)21)10-7-5-4-6-9(10)14/h4-7H,3,8H2,1-2H3,(H,15,16,19). The summed E-state index contributed by atoms with van der Waals surface area (Å²) in [7, 11) is -3.68. The molecule has 7 nitrogen and oxygen atoms in total. The number of carbonyl (C=O) groups is 1. The van der Waals surface area contributed by atoms with E-state index in [4.69, 9.17) is 11.6 Å². The molecule has 0 spiro atoms. The Morgan fingerprint density at radius 1 is 1.38 bits per heavy atom. The number of carbonyl (C=O) groups excluding carboxylic acids is 1. The number of hydrogen-bond acceptors (Lipinski definition) is 7. The quantitative estimate of drug-likeness (QED) is 0.561. The fourth-order valence-electron chi connectivity index (χ4n) is 1.77. The Bertz CT molecular complexity index is 825. The first-order valence-corrected chi connectivity index (χ1v) is 10.8. The highest BCUT2D eigenvalue weighted by molar-refractivity contribution is 8.01. The van der Waals surface area contributed by atoms with Crippen LogP contribution < -0.4 is 9.62 Å². The summed E-state index contributed by atoms with van der Waals surface area (Å²) >= 11 is 8.79. The lowest BCUT2D eigenvalue weighted by atomic mass is 10.3. The van der Waals surface area contributed by atoms with Gasteiger partial charge >= 0.3 is 0 Å². The van der Waals surface area contributed by atoms with Gasteiger partial charge < -0.3 is 0 Å². The van der Waals surface area contributed by atoms with Crippen molar-refractivity contribution >= 4 is 61.4 Å². The second kappa shape index (κ2) is 8.15. The molecule has 2 aromatic rings. The molecule has 0 aliphatic rings. The van der Waals surface area contributed by atoms with Crippen LogP contribution in [0.5, 0.6) is 0 Å². The van der Waals surface area contributed by atoms with Crippen LogP contribution in [0, 0.1) is 0 Å². The molecule has 0 saturated heterocycles. The van der Waals surface area contributed by atoms with Gasteiger partial charge in [-0.3, -0.25) is 14.4 Å². The summed E-state index contributed by atoms with van der Waals surface area (Å²) in [5, 5.41) is 10.9. The summed E-state index contributed by atoms with van der Waals surface area (Å²) in [4.78, 5) is 12.2. The maximum absolute atomic E-state index is 12.2. The predicted molar refractivity (Wildman–Crippen MR) is 98.6 cm³/mol. The van der Waals surface area contributed by atoms with Gasteiger partial charge in [-0.15, -0.1) is 10.2 Å². The van der Waals surface area contributed by atoms with E-state index in [0.29, 0.717) is 5.13 Å². The van der Waals surface area contributed by atoms with E-state index in [9.17, 15) is 13.2 Å². The number of para-hydroxylation sites is 1. The smallest absolute Gasteiger partial charge is 0.246 e. The molecule has 0 aliphatic carbocycles. The molecule has 2 rings (SSSR count). The Morgan fingerprint density at radius 2 is 2.08 bits per heavy atom. The molecule has 0 fully saturated rings. The first-order valence-electron chi connectivity index (χ1n) is 6.79. The molecular formula is C13H15ClN4O3S3. The Balaban J connectivity index is 2.15. The minimum Gasteiger partial charge on any atom is -0.299 e. The highest BCUT2D eigenvalue weighted by Gasteiger charge is 2.23. The number of aromatic nitrogens is 2. The van der Waals surface area contributed by atoms with Crippen molar-refractivity contribution in [2.45, 2.75) is 11.3 Å². The molecule has 0 saturated carbocycles. The Morgan fingerprint density at radius 3 is 2.71 bits per heavy atom. The molecule has 1 amide bonds. The third-order valence-electron chi connectivity index (χ3n) is 2.73. The molecule has 1 aromatic heterocycles. The lowest BCUT2D eigenvalue weighted by Crippen LogP contribution is -2.37. The van der Waals surface area contributed by atoms with Crippen molar-refractivity contribution in [3.63, 3.8) is 0 Å². The maximum atomic E-state index is 12.2. The van der Waals surface area contributed by atoms with E-state index in [-0.39, 0.29) is 10.7 Å². The van der Waals surface area contributed by atoms with Crippen LogP contribution in [0.25, 0.3) is 0 Å². The minimum atomic E-state index is -3.68. The van der Waals surface area contributed by atoms with E-state index in [0.717, 1.165) is 20.7 Å². The van der Waals surface area contributed by atoms with E-state index in [1.165, 1.54) is 29.2 Å². The monoisotopic (exact) mass is 406 g/mol. The predicted octanol–water partition coefficient (Wildman–Crippen LogP) is 2.71. The van der Waals surface area contributed by atoms with E-state index < -0.39 is 22.5 Å². The number of thioether (sulfide) groups is 1. The van der Waals surface area contributed by atoms with Gasteiger partial charge in [-0.05, 0) is 17.9 Å². The highest BCUT2D eigenvalue weighted by Crippen LogP contribution is 2.28. The van der Waals surface area contributed by atoms with Gasteiger partial charge in [0.1, 0.15) is 6.54 Å². The lowest BCUT2D eigenvalue weighted by molar-refractivity contribution is -0.114. The average molecular weight is 407 g/mol. The lowest BCUT2D eigenvalue weighted by Gasteiger charge is -2.22. The summed E-state index contributed by atoms with van der Waals surface area (Å²) in [5.41, 5.74) is 0.247. The SMILES string of the molecule is CCSc1nnc(NC(=O)CN(c2ccccc2Cl)S(C)(=O)=O)s1. The molecule has 1 N–H and O–H groups in total. The van der Waals surface area contributed by atoms with E-state index in [1.807, 2.05) is 6.92 Å². The van der Waals surface area contributed by atoms with Crippen LogP contribution in [0.2, 0.25) is 5.02 Å². The van der Waals surface area contributed by atoms with Gasteiger partial charge in [0.2, 0.25) is 21.1 Å². The molecule has 24 heavy (non-hydrogen) atoms. The van der Waals surface area contributed by atoms with Gasteiger partial charge in [0, 0.05) is 0 Å². The molecule has 1 aromatic carbocycles. The van der Waals surface area contributed by atoms with Crippen molar-refractivity contribution in [2.24, 2.45) is 0 Å². The second-order valence-corrected chi connectivity index (χ2v) is 9.38. The fourth-order valence-corrected chi connectivity index (χ4v) is 4.59. The van der Waals surface area contributed by atoms with E-state index in [1.54, 1.807) is 18.2 Å². The molecule has 130 valence electrons. The fraction of sp³-hybridized carbons (Fsp3) is 0.308. The van der Waals surface area contributed by atoms with Crippen LogP contribution in [0.3, 0.4) is 0 Å². The zero-order valence-electron chi connectivity index (χ0n) is 12.9. The number of amides is 1. The number of sulfonamides is 1. The van der Waals surface area contributed by atoms with Crippen LogP contribution in [0.1, 0.15) is 6.92 Å². The van der Waals surface area contributed by atoms with Crippen molar-refractivity contribution in [3.05, 3.63) is 29.3 Å². The Hall–Kier alpha value is -1.36. The first-order chi connectivity index (χ1) is 11.3. The molecule has 0 bridgehead atoms. The number of benzene rings is 1. The summed E-state index contributed by atoms with van der Waals surface area (Å²) in [6.07, 6.45) is 1.02. The van der Waals surface area contributed by atoms with Gasteiger partial charge in [-0.2, -0.15) is 0 Å². The van der Waals surface area contributed by atoms with Gasteiger partial charge in [-0.25, -0.2) is 8.42 Å². The van der Waals surface area contributed by atoms with Gasteiger partial charge in [0.25, 0.3) is 0 Å². The van der Waals surface area contributed by atoms with Crippen LogP contribution >= 0.6 is 34.7 Å². The highest BCUT2D eigenvalue weighted by atomic mass is 35.5. The summed E-state index contributed by atoms with van der Waals surface area (Å²) in [6.45, 7) is 1.58. The Kier molecular flexibility index (Phi) is 6.44. The zero-order chi connectivity index (χ0) is 17.7. The molecule has 11 heteroatoms. The number of anilines is 2. The summed E-state index contributed by atoms with van der Waals surface area (Å²) in [5.74, 6) is 0.321. The number of halogens is 1. The normalized spacial score (nSPS) is 11.3. The molecule has 1 heterocycles. The largest absolute Gasteiger partial charge is 0.299 e. The van der Waals surface area contributed by atoms with Crippen LogP contribution in [0.15, 0.2) is 28.6 Å². The van der Waals surface area contributed by atoms with E-state index >= 15 is 0 Å². The summed E-state index contributed by atoms with van der Waals surface area (Å²) < 4.78 is 25.7. The third-order valence-corrected chi connectivity index (χ3v) is 6.03. The maximum Gasteiger partial charge on any atom is 0.246 e. The van der Waals surface area contributed by atoms with Crippen molar-refractivity contribution in [3.8, 4) is 0 Å². The van der Waals surface area contributed by atoms with Gasteiger partial charge in [-0.1, -0.05) is 53.8 Å². The van der Waals surface area contributed by atoms with Crippen molar-refractivity contribution in [1.82, 2.24) is 10.2 Å². The van der Waals surface area contributed by atoms with Gasteiger partial charge in [0.15, 0.2) is 4.34 Å². The zero-order valence-corrected chi connectivity index (χ0v) is 16.1. The van der Waals surface area contributed by atoms with Crippen LogP contribution in [-0.2, 0) is 14.8 Å². The number of hydrogen-bond donors (Lipinski definition) is 1. The third kappa shape index (κ3) is 5.07. The molecule has 0 aliphatic heterocycles. The van der Waals surface area contributed by atoms with Crippen molar-refractivity contribution in [2.75, 3.05) is 28.2 Å². The van der Waals surface area contributed by atoms with E-state index in [2.05, 4.69) is 15.5 Å².